The minimum Gasteiger partial charge on any atom is -0.399 e. The van der Waals surface area contributed by atoms with Crippen molar-refractivity contribution < 1.29 is 9.50 Å². The molecule has 3 N–H and O–H groups in total. The largest absolute Gasteiger partial charge is 0.399 e. The van der Waals surface area contributed by atoms with Gasteiger partial charge in [0, 0.05) is 5.69 Å². The van der Waals surface area contributed by atoms with Crippen molar-refractivity contribution in [2.45, 2.75) is 0 Å². The van der Waals surface area contributed by atoms with Gasteiger partial charge in [0.25, 0.3) is 0 Å². The zero-order chi connectivity index (χ0) is 8.97. The van der Waals surface area contributed by atoms with Crippen LogP contribution in [-0.4, -0.2) is 11.7 Å². The number of aliphatic hydroxyl groups excluding tert-OH is 1. The molecule has 0 amide bonds. The van der Waals surface area contributed by atoms with Crippen LogP contribution in [0.4, 0.5) is 10.1 Å². The molecule has 12 heavy (non-hydrogen) atoms. The molecule has 2 nitrogen and oxygen atoms in total. The van der Waals surface area contributed by atoms with Crippen molar-refractivity contribution >= 4 is 5.69 Å². The molecule has 1 rings (SSSR count). The van der Waals surface area contributed by atoms with Crippen molar-refractivity contribution in [1.82, 2.24) is 0 Å². The van der Waals surface area contributed by atoms with Gasteiger partial charge in [-0.2, -0.15) is 0 Å². The smallest absolute Gasteiger partial charge is 0.140 e. The Morgan fingerprint density at radius 3 is 2.83 bits per heavy atom. The van der Waals surface area contributed by atoms with E-state index in [9.17, 15) is 4.39 Å². The molecule has 0 saturated heterocycles. The van der Waals surface area contributed by atoms with Gasteiger partial charge in [0.15, 0.2) is 0 Å². The van der Waals surface area contributed by atoms with Crippen LogP contribution in [0.25, 0.3) is 0 Å². The average molecular weight is 165 g/mol. The molecule has 0 atom stereocenters. The van der Waals surface area contributed by atoms with Gasteiger partial charge in [-0.05, 0) is 18.2 Å². The monoisotopic (exact) mass is 165 g/mol. The summed E-state index contributed by atoms with van der Waals surface area (Å²) >= 11 is 0. The average Bonchev–Trinajstić information content (AvgIpc) is 2.03. The van der Waals surface area contributed by atoms with Crippen LogP contribution in [-0.2, 0) is 0 Å². The summed E-state index contributed by atoms with van der Waals surface area (Å²) in [6.07, 6.45) is 0. The lowest BCUT2D eigenvalue weighted by atomic mass is 10.2. The highest BCUT2D eigenvalue weighted by Gasteiger charge is 1.97. The van der Waals surface area contributed by atoms with Crippen molar-refractivity contribution in [2.24, 2.45) is 0 Å². The summed E-state index contributed by atoms with van der Waals surface area (Å²) in [5.41, 5.74) is 5.93. The quantitative estimate of drug-likeness (QED) is 0.440. The summed E-state index contributed by atoms with van der Waals surface area (Å²) in [6, 6.07) is 4.24. The Morgan fingerprint density at radius 2 is 2.25 bits per heavy atom. The summed E-state index contributed by atoms with van der Waals surface area (Å²) in [6.45, 7) is -0.274. The molecular weight excluding hydrogens is 157 g/mol. The van der Waals surface area contributed by atoms with Gasteiger partial charge in [-0.1, -0.05) is 11.8 Å². The Labute approximate surface area is 69.8 Å². The third-order valence-corrected chi connectivity index (χ3v) is 1.30. The van der Waals surface area contributed by atoms with E-state index >= 15 is 0 Å². The van der Waals surface area contributed by atoms with E-state index in [2.05, 4.69) is 11.8 Å². The molecule has 0 aliphatic carbocycles. The fourth-order valence-corrected chi connectivity index (χ4v) is 0.767. The number of hydrogen-bond acceptors (Lipinski definition) is 2. The molecule has 0 fully saturated rings. The zero-order valence-corrected chi connectivity index (χ0v) is 6.34. The van der Waals surface area contributed by atoms with Crippen LogP contribution in [0.2, 0.25) is 0 Å². The molecule has 0 bridgehead atoms. The maximum Gasteiger partial charge on any atom is 0.140 e. The summed E-state index contributed by atoms with van der Waals surface area (Å²) in [5, 5.41) is 8.35. The van der Waals surface area contributed by atoms with Crippen molar-refractivity contribution in [3.05, 3.63) is 29.6 Å². The molecule has 0 radical (unpaired) electrons. The molecule has 0 aromatic heterocycles. The maximum atomic E-state index is 12.9. The third-order valence-electron chi connectivity index (χ3n) is 1.30. The van der Waals surface area contributed by atoms with Crippen LogP contribution in [0.3, 0.4) is 0 Å². The molecule has 0 unspecified atom stereocenters. The lowest BCUT2D eigenvalue weighted by Gasteiger charge is -1.95. The van der Waals surface area contributed by atoms with Crippen molar-refractivity contribution in [2.75, 3.05) is 12.3 Å². The Bertz CT molecular complexity index is 338. The third kappa shape index (κ3) is 1.97. The van der Waals surface area contributed by atoms with E-state index in [1.165, 1.54) is 12.1 Å². The summed E-state index contributed by atoms with van der Waals surface area (Å²) in [7, 11) is 0. The van der Waals surface area contributed by atoms with E-state index < -0.39 is 5.82 Å². The van der Waals surface area contributed by atoms with Crippen LogP contribution in [0, 0.1) is 17.7 Å². The van der Waals surface area contributed by atoms with E-state index in [4.69, 9.17) is 10.8 Å². The fraction of sp³-hybridized carbons (Fsp3) is 0.111. The highest BCUT2D eigenvalue weighted by Crippen LogP contribution is 2.09. The second-order valence-electron chi connectivity index (χ2n) is 2.20. The molecule has 0 aliphatic rings. The molecule has 0 heterocycles. The molecule has 0 spiro atoms. The normalized spacial score (nSPS) is 8.83. The Morgan fingerprint density at radius 1 is 1.50 bits per heavy atom. The lowest BCUT2D eigenvalue weighted by Crippen LogP contribution is -1.89. The zero-order valence-electron chi connectivity index (χ0n) is 6.34. The SMILES string of the molecule is Nc1ccc(C#CCO)c(F)c1. The van der Waals surface area contributed by atoms with Gasteiger partial charge in [0.05, 0.1) is 5.56 Å². The number of anilines is 1. The van der Waals surface area contributed by atoms with Gasteiger partial charge in [-0.25, -0.2) is 4.39 Å². The molecular formula is C9H8FNO. The summed E-state index contributed by atoms with van der Waals surface area (Å²) in [4.78, 5) is 0. The number of halogens is 1. The first-order chi connectivity index (χ1) is 5.74. The highest BCUT2D eigenvalue weighted by atomic mass is 19.1. The number of nitrogen functional groups attached to an aromatic ring is 1. The lowest BCUT2D eigenvalue weighted by molar-refractivity contribution is 0.350. The number of hydrogen-bond donors (Lipinski definition) is 2. The number of aliphatic hydroxyl groups is 1. The number of benzene rings is 1. The topological polar surface area (TPSA) is 46.2 Å². The van der Waals surface area contributed by atoms with E-state index in [-0.39, 0.29) is 12.2 Å². The van der Waals surface area contributed by atoms with Gasteiger partial charge in [-0.15, -0.1) is 0 Å². The van der Waals surface area contributed by atoms with Crippen molar-refractivity contribution in [3.8, 4) is 11.8 Å². The minimum absolute atomic E-state index is 0.248. The molecule has 1 aromatic rings. The van der Waals surface area contributed by atoms with Gasteiger partial charge in [0.2, 0.25) is 0 Å². The molecule has 3 heteroatoms. The van der Waals surface area contributed by atoms with E-state index in [1.54, 1.807) is 6.07 Å². The highest BCUT2D eigenvalue weighted by molar-refractivity contribution is 5.45. The number of rotatable bonds is 0. The summed E-state index contributed by atoms with van der Waals surface area (Å²) < 4.78 is 12.9. The fourth-order valence-electron chi connectivity index (χ4n) is 0.767. The minimum atomic E-state index is -0.462. The van der Waals surface area contributed by atoms with Gasteiger partial charge in [-0.3, -0.25) is 0 Å². The van der Waals surface area contributed by atoms with Crippen LogP contribution in [0.15, 0.2) is 18.2 Å². The van der Waals surface area contributed by atoms with Gasteiger partial charge in [0.1, 0.15) is 12.4 Å². The molecule has 0 saturated carbocycles. The second kappa shape index (κ2) is 3.74. The standard InChI is InChI=1S/C9H8FNO/c10-9-6-8(11)4-3-7(9)2-1-5-12/h3-4,6,12H,5,11H2. The predicted molar refractivity (Wildman–Crippen MR) is 44.8 cm³/mol. The first-order valence-electron chi connectivity index (χ1n) is 3.39. The molecule has 62 valence electrons. The van der Waals surface area contributed by atoms with Gasteiger partial charge < -0.3 is 10.8 Å². The van der Waals surface area contributed by atoms with Crippen molar-refractivity contribution in [3.63, 3.8) is 0 Å². The van der Waals surface area contributed by atoms with Crippen LogP contribution >= 0.6 is 0 Å². The van der Waals surface area contributed by atoms with Crippen molar-refractivity contribution in [1.29, 1.82) is 0 Å². The molecule has 1 aromatic carbocycles. The van der Waals surface area contributed by atoms with Crippen LogP contribution < -0.4 is 5.73 Å². The van der Waals surface area contributed by atoms with Crippen LogP contribution in [0.1, 0.15) is 5.56 Å². The Hall–Kier alpha value is -1.53. The summed E-state index contributed by atoms with van der Waals surface area (Å²) in [5.74, 6) is 4.35. The Balaban J connectivity index is 3.01. The van der Waals surface area contributed by atoms with E-state index in [1.807, 2.05) is 0 Å². The first kappa shape index (κ1) is 8.57. The number of nitrogens with two attached hydrogens (primary N) is 1. The maximum absolute atomic E-state index is 12.9. The van der Waals surface area contributed by atoms with E-state index in [0.29, 0.717) is 5.69 Å². The molecule has 0 aliphatic heterocycles. The van der Waals surface area contributed by atoms with Crippen LogP contribution in [0.5, 0.6) is 0 Å². The second-order valence-corrected chi connectivity index (χ2v) is 2.20. The first-order valence-corrected chi connectivity index (χ1v) is 3.39. The Kier molecular flexibility index (Phi) is 2.67. The van der Waals surface area contributed by atoms with E-state index in [0.717, 1.165) is 0 Å². The van der Waals surface area contributed by atoms with Gasteiger partial charge >= 0.3 is 0 Å². The predicted octanol–water partition coefficient (Wildman–Crippen LogP) is 0.752.